The second kappa shape index (κ2) is 8.29. The average molecular weight is 391 g/mol. The van der Waals surface area contributed by atoms with Crippen molar-refractivity contribution in [3.63, 3.8) is 0 Å². The number of piperidine rings is 1. The van der Waals surface area contributed by atoms with Crippen LogP contribution in [0.15, 0.2) is 48.5 Å². The van der Waals surface area contributed by atoms with Crippen LogP contribution in [0.5, 0.6) is 0 Å². The number of ketones is 1. The lowest BCUT2D eigenvalue weighted by molar-refractivity contribution is -0.112. The van der Waals surface area contributed by atoms with Crippen LogP contribution in [0.1, 0.15) is 38.3 Å². The van der Waals surface area contributed by atoms with Crippen LogP contribution in [0, 0.1) is 5.82 Å². The van der Waals surface area contributed by atoms with Gasteiger partial charge in [0.1, 0.15) is 11.3 Å². The number of nitrogens with zero attached hydrogens (tertiary/aromatic N) is 3. The molecule has 0 saturated carbocycles. The van der Waals surface area contributed by atoms with Crippen LogP contribution in [0.3, 0.4) is 0 Å². The second-order valence-electron chi connectivity index (χ2n) is 7.67. The van der Waals surface area contributed by atoms with Crippen molar-refractivity contribution in [1.29, 1.82) is 0 Å². The van der Waals surface area contributed by atoms with E-state index in [4.69, 9.17) is 4.98 Å². The molecular weight excluding hydrogens is 365 g/mol. The van der Waals surface area contributed by atoms with Gasteiger partial charge in [-0.15, -0.1) is 0 Å². The molecule has 0 spiro atoms. The largest absolute Gasteiger partial charge is 0.319 e. The van der Waals surface area contributed by atoms with Crippen LogP contribution in [0.4, 0.5) is 4.39 Å². The summed E-state index contributed by atoms with van der Waals surface area (Å²) in [6.07, 6.45) is 5.53. The van der Waals surface area contributed by atoms with E-state index in [1.54, 1.807) is 18.2 Å². The summed E-state index contributed by atoms with van der Waals surface area (Å²) >= 11 is 0. The molecule has 0 amide bonds. The standard InChI is InChI=1S/C24H26FN3O/c1-3-27-14-6-9-20(16-27)28-22-11-5-10-21(25)23(22)26-24(28)19-8-4-7-18(15-19)13-12-17(2)29/h4-5,7-8,10-13,15,20H,3,6,9,14,16H2,1-2H3/b13-12+. The van der Waals surface area contributed by atoms with Crippen molar-refractivity contribution in [2.45, 2.75) is 32.7 Å². The highest BCUT2D eigenvalue weighted by molar-refractivity contribution is 5.91. The topological polar surface area (TPSA) is 38.1 Å². The number of carbonyl (C=O) groups excluding carboxylic acids is 1. The van der Waals surface area contributed by atoms with Gasteiger partial charge < -0.3 is 9.47 Å². The zero-order valence-electron chi connectivity index (χ0n) is 16.9. The van der Waals surface area contributed by atoms with E-state index >= 15 is 0 Å². The van der Waals surface area contributed by atoms with Gasteiger partial charge in [0.05, 0.1) is 5.52 Å². The van der Waals surface area contributed by atoms with Crippen molar-refractivity contribution in [2.75, 3.05) is 19.6 Å². The number of carbonyl (C=O) groups is 1. The van der Waals surface area contributed by atoms with Crippen molar-refractivity contribution >= 4 is 22.9 Å². The van der Waals surface area contributed by atoms with Gasteiger partial charge in [-0.3, -0.25) is 4.79 Å². The molecule has 5 heteroatoms. The maximum Gasteiger partial charge on any atom is 0.152 e. The van der Waals surface area contributed by atoms with Crippen LogP contribution >= 0.6 is 0 Å². The van der Waals surface area contributed by atoms with E-state index in [0.29, 0.717) is 5.52 Å². The van der Waals surface area contributed by atoms with Gasteiger partial charge in [-0.25, -0.2) is 9.37 Å². The number of hydrogen-bond acceptors (Lipinski definition) is 3. The fourth-order valence-electron chi connectivity index (χ4n) is 4.18. The van der Waals surface area contributed by atoms with Gasteiger partial charge in [0.15, 0.2) is 11.6 Å². The predicted octanol–water partition coefficient (Wildman–Crippen LogP) is 5.10. The first-order valence-corrected chi connectivity index (χ1v) is 10.2. The van der Waals surface area contributed by atoms with Crippen LogP contribution < -0.4 is 0 Å². The average Bonchev–Trinajstić information content (AvgIpc) is 3.13. The lowest BCUT2D eigenvalue weighted by Gasteiger charge is -2.33. The van der Waals surface area contributed by atoms with Crippen molar-refractivity contribution < 1.29 is 9.18 Å². The maximum absolute atomic E-state index is 14.6. The number of para-hydroxylation sites is 1. The van der Waals surface area contributed by atoms with Crippen LogP contribution in [-0.2, 0) is 4.79 Å². The van der Waals surface area contributed by atoms with E-state index in [9.17, 15) is 9.18 Å². The molecule has 1 fully saturated rings. The lowest BCUT2D eigenvalue weighted by Crippen LogP contribution is -2.36. The van der Waals surface area contributed by atoms with Gasteiger partial charge in [-0.2, -0.15) is 0 Å². The molecule has 2 aromatic carbocycles. The Balaban J connectivity index is 1.85. The molecule has 1 saturated heterocycles. The Bertz CT molecular complexity index is 1070. The summed E-state index contributed by atoms with van der Waals surface area (Å²) < 4.78 is 16.8. The number of benzene rings is 2. The molecule has 150 valence electrons. The summed E-state index contributed by atoms with van der Waals surface area (Å²) in [5.74, 6) is 0.496. The third kappa shape index (κ3) is 4.01. The Morgan fingerprint density at radius 1 is 1.28 bits per heavy atom. The third-order valence-corrected chi connectivity index (χ3v) is 5.62. The van der Waals surface area contributed by atoms with Crippen molar-refractivity contribution in [3.05, 3.63) is 59.9 Å². The van der Waals surface area contributed by atoms with E-state index in [1.807, 2.05) is 30.3 Å². The highest BCUT2D eigenvalue weighted by atomic mass is 19.1. The SMILES string of the molecule is CCN1CCCC(n2c(-c3cccc(/C=C/C(C)=O)c3)nc3c(F)cccc32)C1. The molecule has 29 heavy (non-hydrogen) atoms. The molecule has 1 aromatic heterocycles. The highest BCUT2D eigenvalue weighted by Gasteiger charge is 2.26. The Kier molecular flexibility index (Phi) is 5.58. The van der Waals surface area contributed by atoms with Crippen molar-refractivity contribution in [1.82, 2.24) is 14.5 Å². The Hall–Kier alpha value is -2.79. The van der Waals surface area contributed by atoms with E-state index in [2.05, 4.69) is 16.4 Å². The number of halogens is 1. The van der Waals surface area contributed by atoms with E-state index in [1.165, 1.54) is 13.0 Å². The van der Waals surface area contributed by atoms with Gasteiger partial charge in [-0.1, -0.05) is 37.3 Å². The Labute approximate surface area is 170 Å². The molecule has 0 N–H and O–H groups in total. The summed E-state index contributed by atoms with van der Waals surface area (Å²) in [4.78, 5) is 18.5. The number of imidazole rings is 1. The summed E-state index contributed by atoms with van der Waals surface area (Å²) in [6, 6.07) is 13.4. The summed E-state index contributed by atoms with van der Waals surface area (Å²) in [5, 5.41) is 0. The lowest BCUT2D eigenvalue weighted by atomic mass is 10.0. The van der Waals surface area contributed by atoms with Gasteiger partial charge >= 0.3 is 0 Å². The monoisotopic (exact) mass is 391 g/mol. The molecule has 0 radical (unpaired) electrons. The third-order valence-electron chi connectivity index (χ3n) is 5.62. The van der Waals surface area contributed by atoms with Gasteiger partial charge in [-0.05, 0) is 62.7 Å². The molecular formula is C24H26FN3O. The molecule has 3 aromatic rings. The molecule has 4 nitrogen and oxygen atoms in total. The van der Waals surface area contributed by atoms with Crippen molar-refractivity contribution in [3.8, 4) is 11.4 Å². The van der Waals surface area contributed by atoms with E-state index < -0.39 is 0 Å². The first-order valence-electron chi connectivity index (χ1n) is 10.2. The smallest absolute Gasteiger partial charge is 0.152 e. The fourth-order valence-corrected chi connectivity index (χ4v) is 4.18. The number of likely N-dealkylation sites (N-methyl/N-ethyl adjacent to an activating group) is 1. The van der Waals surface area contributed by atoms with Crippen molar-refractivity contribution in [2.24, 2.45) is 0 Å². The predicted molar refractivity (Wildman–Crippen MR) is 115 cm³/mol. The number of aromatic nitrogens is 2. The van der Waals surface area contributed by atoms with E-state index in [0.717, 1.165) is 54.9 Å². The van der Waals surface area contributed by atoms with Crippen LogP contribution in [0.2, 0.25) is 0 Å². The Morgan fingerprint density at radius 2 is 2.10 bits per heavy atom. The van der Waals surface area contributed by atoms with Gasteiger partial charge in [0.2, 0.25) is 0 Å². The van der Waals surface area contributed by atoms with Crippen LogP contribution in [-0.4, -0.2) is 39.9 Å². The minimum atomic E-state index is -0.293. The molecule has 1 atom stereocenters. The maximum atomic E-state index is 14.6. The number of rotatable bonds is 5. The first kappa shape index (κ1) is 19.5. The zero-order chi connectivity index (χ0) is 20.4. The fraction of sp³-hybridized carbons (Fsp3) is 0.333. The molecule has 0 bridgehead atoms. The van der Waals surface area contributed by atoms with Crippen LogP contribution in [0.25, 0.3) is 28.5 Å². The molecule has 1 unspecified atom stereocenters. The number of allylic oxidation sites excluding steroid dienone is 1. The zero-order valence-corrected chi connectivity index (χ0v) is 16.9. The normalized spacial score (nSPS) is 18.0. The van der Waals surface area contributed by atoms with Gasteiger partial charge in [0, 0.05) is 18.2 Å². The molecule has 0 aliphatic carbocycles. The number of fused-ring (bicyclic) bond motifs is 1. The summed E-state index contributed by atoms with van der Waals surface area (Å²) in [5.41, 5.74) is 3.11. The minimum absolute atomic E-state index is 0.00609. The summed E-state index contributed by atoms with van der Waals surface area (Å²) in [6.45, 7) is 6.77. The minimum Gasteiger partial charge on any atom is -0.319 e. The van der Waals surface area contributed by atoms with E-state index in [-0.39, 0.29) is 17.6 Å². The van der Waals surface area contributed by atoms with Gasteiger partial charge in [0.25, 0.3) is 0 Å². The second-order valence-corrected chi connectivity index (χ2v) is 7.67. The first-order chi connectivity index (χ1) is 14.1. The molecule has 1 aliphatic heterocycles. The highest BCUT2D eigenvalue weighted by Crippen LogP contribution is 2.33. The molecule has 4 rings (SSSR count). The molecule has 2 heterocycles. The number of hydrogen-bond donors (Lipinski definition) is 0. The quantitative estimate of drug-likeness (QED) is 0.568. The molecule has 1 aliphatic rings. The summed E-state index contributed by atoms with van der Waals surface area (Å²) in [7, 11) is 0. The Morgan fingerprint density at radius 3 is 2.90 bits per heavy atom. The number of likely N-dealkylation sites (tertiary alicyclic amines) is 1.